The summed E-state index contributed by atoms with van der Waals surface area (Å²) in [5, 5.41) is 2.98. The Morgan fingerprint density at radius 1 is 1.25 bits per heavy atom. The van der Waals surface area contributed by atoms with E-state index in [1.54, 1.807) is 31.4 Å². The lowest BCUT2D eigenvalue weighted by Gasteiger charge is -2.13. The number of thiocarbonyl (C=S) groups is 1. The second-order valence-corrected chi connectivity index (χ2v) is 5.21. The molecule has 104 valence electrons. The molecule has 3 nitrogen and oxygen atoms in total. The van der Waals surface area contributed by atoms with Crippen molar-refractivity contribution in [3.63, 3.8) is 0 Å². The SMILES string of the molecule is COc1ccccc1Nc1ccc(C(N)=S)c(Br)c1F. The van der Waals surface area contributed by atoms with Gasteiger partial charge in [0.05, 0.1) is 23.0 Å². The first-order chi connectivity index (χ1) is 9.54. The summed E-state index contributed by atoms with van der Waals surface area (Å²) >= 11 is 8.03. The summed E-state index contributed by atoms with van der Waals surface area (Å²) in [6, 6.07) is 10.5. The summed E-state index contributed by atoms with van der Waals surface area (Å²) in [7, 11) is 1.56. The molecule has 20 heavy (non-hydrogen) atoms. The van der Waals surface area contributed by atoms with Crippen molar-refractivity contribution in [3.8, 4) is 5.75 Å². The molecule has 0 aliphatic heterocycles. The fourth-order valence-electron chi connectivity index (χ4n) is 1.73. The topological polar surface area (TPSA) is 47.3 Å². The van der Waals surface area contributed by atoms with E-state index in [1.165, 1.54) is 0 Å². The van der Waals surface area contributed by atoms with Crippen LogP contribution in [0.25, 0.3) is 0 Å². The minimum Gasteiger partial charge on any atom is -0.495 e. The molecule has 0 saturated carbocycles. The highest BCUT2D eigenvalue weighted by molar-refractivity contribution is 9.10. The number of rotatable bonds is 4. The van der Waals surface area contributed by atoms with Crippen molar-refractivity contribution in [2.24, 2.45) is 5.73 Å². The molecule has 3 N–H and O–H groups in total. The largest absolute Gasteiger partial charge is 0.495 e. The fourth-order valence-corrected chi connectivity index (χ4v) is 2.59. The lowest BCUT2D eigenvalue weighted by Crippen LogP contribution is -2.11. The van der Waals surface area contributed by atoms with Gasteiger partial charge < -0.3 is 15.8 Å². The summed E-state index contributed by atoms with van der Waals surface area (Å²) in [6.07, 6.45) is 0. The molecule has 0 spiro atoms. The van der Waals surface area contributed by atoms with Crippen LogP contribution in [0, 0.1) is 5.82 Å². The van der Waals surface area contributed by atoms with Gasteiger partial charge in [-0.1, -0.05) is 24.4 Å². The van der Waals surface area contributed by atoms with Crippen molar-refractivity contribution in [1.29, 1.82) is 0 Å². The molecule has 0 aromatic heterocycles. The molecule has 0 fully saturated rings. The van der Waals surface area contributed by atoms with Crippen LogP contribution in [0.1, 0.15) is 5.56 Å². The van der Waals surface area contributed by atoms with Crippen molar-refractivity contribution in [3.05, 3.63) is 52.3 Å². The Balaban J connectivity index is 2.40. The number of hydrogen-bond donors (Lipinski definition) is 2. The zero-order valence-corrected chi connectivity index (χ0v) is 13.0. The van der Waals surface area contributed by atoms with Gasteiger partial charge in [-0.2, -0.15) is 0 Å². The van der Waals surface area contributed by atoms with Gasteiger partial charge in [0, 0.05) is 5.56 Å². The minimum atomic E-state index is -0.457. The second kappa shape index (κ2) is 6.19. The van der Waals surface area contributed by atoms with Crippen LogP contribution < -0.4 is 15.8 Å². The van der Waals surface area contributed by atoms with Gasteiger partial charge in [-0.05, 0) is 40.2 Å². The first-order valence-corrected chi connectivity index (χ1v) is 6.92. The minimum absolute atomic E-state index is 0.139. The van der Waals surface area contributed by atoms with Crippen molar-refractivity contribution >= 4 is 44.5 Å². The van der Waals surface area contributed by atoms with Crippen molar-refractivity contribution in [1.82, 2.24) is 0 Å². The fraction of sp³-hybridized carbons (Fsp3) is 0.0714. The van der Waals surface area contributed by atoms with Crippen LogP contribution in [0.4, 0.5) is 15.8 Å². The predicted octanol–water partition coefficient (Wildman–Crippen LogP) is 3.97. The second-order valence-electron chi connectivity index (χ2n) is 3.98. The molecule has 2 aromatic carbocycles. The van der Waals surface area contributed by atoms with E-state index in [1.807, 2.05) is 12.1 Å². The molecular weight excluding hydrogens is 343 g/mol. The van der Waals surface area contributed by atoms with Crippen LogP contribution >= 0.6 is 28.1 Å². The number of nitrogens with one attached hydrogen (secondary N) is 1. The Morgan fingerprint density at radius 3 is 2.60 bits per heavy atom. The Hall–Kier alpha value is -1.66. The number of anilines is 2. The molecule has 2 aromatic rings. The molecule has 0 aliphatic rings. The molecule has 0 amide bonds. The highest BCUT2D eigenvalue weighted by Crippen LogP contribution is 2.32. The molecule has 0 saturated heterocycles. The van der Waals surface area contributed by atoms with Crippen LogP contribution in [0.5, 0.6) is 5.75 Å². The summed E-state index contributed by atoms with van der Waals surface area (Å²) in [4.78, 5) is 0.139. The highest BCUT2D eigenvalue weighted by atomic mass is 79.9. The lowest BCUT2D eigenvalue weighted by atomic mass is 10.2. The third kappa shape index (κ3) is 2.91. The normalized spacial score (nSPS) is 10.2. The molecule has 0 heterocycles. The van der Waals surface area contributed by atoms with Gasteiger partial charge in [-0.25, -0.2) is 4.39 Å². The summed E-state index contributed by atoms with van der Waals surface area (Å²) in [5.41, 5.74) is 6.96. The highest BCUT2D eigenvalue weighted by Gasteiger charge is 2.14. The van der Waals surface area contributed by atoms with Crippen LogP contribution in [0.2, 0.25) is 0 Å². The lowest BCUT2D eigenvalue weighted by molar-refractivity contribution is 0.417. The molecule has 2 rings (SSSR count). The van der Waals surface area contributed by atoms with Crippen molar-refractivity contribution in [2.45, 2.75) is 0 Å². The van der Waals surface area contributed by atoms with E-state index in [0.717, 1.165) is 0 Å². The number of nitrogens with two attached hydrogens (primary N) is 1. The summed E-state index contributed by atoms with van der Waals surface area (Å²) in [6.45, 7) is 0. The Morgan fingerprint density at radius 2 is 1.95 bits per heavy atom. The van der Waals surface area contributed by atoms with E-state index in [0.29, 0.717) is 22.7 Å². The number of benzene rings is 2. The average molecular weight is 355 g/mol. The Labute approximate surface area is 130 Å². The van der Waals surface area contributed by atoms with E-state index in [4.69, 9.17) is 22.7 Å². The van der Waals surface area contributed by atoms with E-state index in [-0.39, 0.29) is 9.46 Å². The smallest absolute Gasteiger partial charge is 0.161 e. The maximum atomic E-state index is 14.3. The zero-order chi connectivity index (χ0) is 14.7. The number of ether oxygens (including phenoxy) is 1. The van der Waals surface area contributed by atoms with Gasteiger partial charge >= 0.3 is 0 Å². The van der Waals surface area contributed by atoms with E-state index >= 15 is 0 Å². The summed E-state index contributed by atoms with van der Waals surface area (Å²) < 4.78 is 19.7. The molecule has 0 bridgehead atoms. The zero-order valence-electron chi connectivity index (χ0n) is 10.6. The molecular formula is C14H12BrFN2OS. The van der Waals surface area contributed by atoms with E-state index in [9.17, 15) is 4.39 Å². The average Bonchev–Trinajstić information content (AvgIpc) is 2.44. The third-order valence-corrected chi connectivity index (χ3v) is 3.72. The van der Waals surface area contributed by atoms with Crippen LogP contribution in [-0.4, -0.2) is 12.1 Å². The van der Waals surface area contributed by atoms with Gasteiger partial charge in [0.1, 0.15) is 10.7 Å². The predicted molar refractivity (Wildman–Crippen MR) is 86.3 cm³/mol. The van der Waals surface area contributed by atoms with Gasteiger partial charge in [0.2, 0.25) is 0 Å². The van der Waals surface area contributed by atoms with Gasteiger partial charge in [0.25, 0.3) is 0 Å². The van der Waals surface area contributed by atoms with E-state index in [2.05, 4.69) is 21.2 Å². The monoisotopic (exact) mass is 354 g/mol. The van der Waals surface area contributed by atoms with Gasteiger partial charge in [-0.3, -0.25) is 0 Å². The first-order valence-electron chi connectivity index (χ1n) is 5.72. The molecule has 0 aliphatic carbocycles. The Bertz CT molecular complexity index is 664. The number of hydrogen-bond acceptors (Lipinski definition) is 3. The molecule has 0 atom stereocenters. The van der Waals surface area contributed by atoms with Crippen LogP contribution in [0.15, 0.2) is 40.9 Å². The van der Waals surface area contributed by atoms with Crippen molar-refractivity contribution < 1.29 is 9.13 Å². The number of para-hydroxylation sites is 2. The van der Waals surface area contributed by atoms with E-state index < -0.39 is 5.82 Å². The van der Waals surface area contributed by atoms with Gasteiger partial charge in [0.15, 0.2) is 5.82 Å². The van der Waals surface area contributed by atoms with Crippen LogP contribution in [-0.2, 0) is 0 Å². The molecule has 6 heteroatoms. The maximum absolute atomic E-state index is 14.3. The molecule has 0 radical (unpaired) electrons. The molecule has 0 unspecified atom stereocenters. The standard InChI is InChI=1S/C14H12BrFN2OS/c1-19-11-5-3-2-4-9(11)18-10-7-6-8(14(17)20)12(15)13(10)16/h2-7,18H,1H3,(H2,17,20). The van der Waals surface area contributed by atoms with Crippen molar-refractivity contribution in [2.75, 3.05) is 12.4 Å². The quantitative estimate of drug-likeness (QED) is 0.815. The third-order valence-electron chi connectivity index (χ3n) is 2.72. The van der Waals surface area contributed by atoms with Crippen LogP contribution in [0.3, 0.4) is 0 Å². The number of halogens is 2. The first kappa shape index (κ1) is 14.7. The maximum Gasteiger partial charge on any atom is 0.161 e. The number of methoxy groups -OCH3 is 1. The van der Waals surface area contributed by atoms with Gasteiger partial charge in [-0.15, -0.1) is 0 Å². The Kier molecular flexibility index (Phi) is 4.57. The summed E-state index contributed by atoms with van der Waals surface area (Å²) in [5.74, 6) is 0.169.